The number of nitrogens with zero attached hydrogens (tertiary/aromatic N) is 1. The first-order valence-electron chi connectivity index (χ1n) is 12.5. The molecule has 1 aliphatic carbocycles. The van der Waals surface area contributed by atoms with E-state index in [1.807, 2.05) is 24.3 Å². The van der Waals surface area contributed by atoms with Gasteiger partial charge in [0.05, 0.1) is 6.42 Å². The number of carboxylic acid groups (broad SMARTS) is 1. The van der Waals surface area contributed by atoms with Crippen LogP contribution < -0.4 is 16.4 Å². The average molecular weight is 539 g/mol. The molecule has 200 valence electrons. The highest BCUT2D eigenvalue weighted by atomic mass is 35.5. The summed E-state index contributed by atoms with van der Waals surface area (Å²) in [4.78, 5) is 50.8. The molecule has 9 nitrogen and oxygen atoms in total. The first-order valence-corrected chi connectivity index (χ1v) is 12.8. The number of benzene rings is 2. The number of nitrogens with two attached hydrogens (primary N) is 1. The van der Waals surface area contributed by atoms with Crippen LogP contribution in [0, 0.1) is 5.92 Å². The summed E-state index contributed by atoms with van der Waals surface area (Å²) in [7, 11) is 0. The van der Waals surface area contributed by atoms with Crippen LogP contribution in [0.4, 0.5) is 0 Å². The van der Waals surface area contributed by atoms with E-state index < -0.39 is 29.4 Å². The van der Waals surface area contributed by atoms with Gasteiger partial charge in [0, 0.05) is 28.0 Å². The van der Waals surface area contributed by atoms with Crippen LogP contribution in [-0.2, 0) is 45.0 Å². The molecule has 3 amide bonds. The Labute approximate surface area is 225 Å². The Kier molecular flexibility index (Phi) is 7.78. The van der Waals surface area contributed by atoms with Crippen molar-refractivity contribution in [2.24, 2.45) is 11.7 Å². The second-order valence-corrected chi connectivity index (χ2v) is 10.6. The van der Waals surface area contributed by atoms with Gasteiger partial charge in [-0.3, -0.25) is 19.2 Å². The van der Waals surface area contributed by atoms with Crippen molar-refractivity contribution in [1.82, 2.24) is 15.2 Å². The standard InChI is InChI=1S/C28H31ClN4O5/c1-16(2)25(26(30)37)31-27(38)28(32-23(34)13-17-7-9-18(29)10-8-17)12-11-22-20(14-28)19-5-3-4-6-21(19)33(22)15-24(35)36/h3-10,16,25H,11-15H2,1-2H3,(H2,30,37)(H,31,38)(H,32,34)(H,35,36)/t25-,28-/m0/s1. The summed E-state index contributed by atoms with van der Waals surface area (Å²) < 4.78 is 1.75. The molecule has 2 atom stereocenters. The fraction of sp³-hybridized carbons (Fsp3) is 0.357. The van der Waals surface area contributed by atoms with Crippen molar-refractivity contribution >= 4 is 46.2 Å². The molecule has 1 aliphatic rings. The molecule has 2 aromatic carbocycles. The van der Waals surface area contributed by atoms with Gasteiger partial charge in [-0.2, -0.15) is 0 Å². The predicted molar refractivity (Wildman–Crippen MR) is 144 cm³/mol. The number of carbonyl (C=O) groups excluding carboxylic acids is 3. The van der Waals surface area contributed by atoms with Crippen molar-refractivity contribution in [2.45, 2.75) is 57.7 Å². The van der Waals surface area contributed by atoms with E-state index in [4.69, 9.17) is 17.3 Å². The lowest BCUT2D eigenvalue weighted by Crippen LogP contribution is -2.64. The lowest BCUT2D eigenvalue weighted by molar-refractivity contribution is -0.137. The zero-order valence-electron chi connectivity index (χ0n) is 21.3. The van der Waals surface area contributed by atoms with E-state index in [-0.39, 0.29) is 37.6 Å². The molecule has 4 rings (SSSR count). The van der Waals surface area contributed by atoms with E-state index in [9.17, 15) is 24.3 Å². The minimum absolute atomic E-state index is 0.0310. The summed E-state index contributed by atoms with van der Waals surface area (Å²) in [6.07, 6.45) is 0.743. The van der Waals surface area contributed by atoms with Crippen LogP contribution in [0.15, 0.2) is 48.5 Å². The number of aromatic nitrogens is 1. The highest BCUT2D eigenvalue weighted by molar-refractivity contribution is 6.30. The number of primary amides is 1. The van der Waals surface area contributed by atoms with E-state index in [1.165, 1.54) is 0 Å². The molecule has 38 heavy (non-hydrogen) atoms. The molecule has 0 bridgehead atoms. The number of rotatable bonds is 9. The molecule has 1 heterocycles. The largest absolute Gasteiger partial charge is 0.480 e. The topological polar surface area (TPSA) is 144 Å². The summed E-state index contributed by atoms with van der Waals surface area (Å²) in [5.41, 5.74) is 7.30. The van der Waals surface area contributed by atoms with Crippen molar-refractivity contribution in [3.63, 3.8) is 0 Å². The van der Waals surface area contributed by atoms with E-state index >= 15 is 0 Å². The Bertz CT molecular complexity index is 1400. The second kappa shape index (κ2) is 10.9. The molecule has 0 unspecified atom stereocenters. The summed E-state index contributed by atoms with van der Waals surface area (Å²) >= 11 is 5.97. The summed E-state index contributed by atoms with van der Waals surface area (Å²) in [6, 6.07) is 13.4. The SMILES string of the molecule is CC(C)[C@H](NC(=O)[C@]1(NC(=O)Cc2ccc(Cl)cc2)CCc2c(c3ccccc3n2CC(=O)O)C1)C(N)=O. The Morgan fingerprint density at radius 3 is 2.42 bits per heavy atom. The molecule has 0 saturated carbocycles. The van der Waals surface area contributed by atoms with Gasteiger partial charge in [0.15, 0.2) is 0 Å². The number of para-hydroxylation sites is 1. The van der Waals surface area contributed by atoms with E-state index in [1.54, 1.807) is 42.7 Å². The number of carboxylic acids is 1. The maximum Gasteiger partial charge on any atom is 0.323 e. The van der Waals surface area contributed by atoms with Crippen LogP contribution in [0.5, 0.6) is 0 Å². The van der Waals surface area contributed by atoms with Crippen LogP contribution in [0.2, 0.25) is 5.02 Å². The van der Waals surface area contributed by atoms with Crippen molar-refractivity contribution in [3.05, 3.63) is 70.4 Å². The van der Waals surface area contributed by atoms with Crippen LogP contribution in [0.3, 0.4) is 0 Å². The Hall–Kier alpha value is -3.85. The van der Waals surface area contributed by atoms with Gasteiger partial charge in [-0.1, -0.05) is 55.8 Å². The summed E-state index contributed by atoms with van der Waals surface area (Å²) in [5.74, 6) is -2.75. The molecule has 0 radical (unpaired) electrons. The molecule has 0 saturated heterocycles. The summed E-state index contributed by atoms with van der Waals surface area (Å²) in [6.45, 7) is 3.34. The normalized spacial score (nSPS) is 17.6. The third-order valence-corrected chi connectivity index (χ3v) is 7.36. The van der Waals surface area contributed by atoms with E-state index in [0.29, 0.717) is 11.4 Å². The fourth-order valence-electron chi connectivity index (χ4n) is 5.25. The van der Waals surface area contributed by atoms with Gasteiger partial charge >= 0.3 is 5.97 Å². The number of fused-ring (bicyclic) bond motifs is 3. The van der Waals surface area contributed by atoms with Gasteiger partial charge in [0.25, 0.3) is 0 Å². The smallest absolute Gasteiger partial charge is 0.323 e. The highest BCUT2D eigenvalue weighted by Crippen LogP contribution is 2.37. The van der Waals surface area contributed by atoms with Gasteiger partial charge in [-0.15, -0.1) is 0 Å². The van der Waals surface area contributed by atoms with Gasteiger partial charge < -0.3 is 26.0 Å². The Morgan fingerprint density at radius 1 is 1.11 bits per heavy atom. The fourth-order valence-corrected chi connectivity index (χ4v) is 5.38. The van der Waals surface area contributed by atoms with Gasteiger partial charge in [-0.05, 0) is 48.1 Å². The number of hydrogen-bond acceptors (Lipinski definition) is 4. The Balaban J connectivity index is 1.73. The predicted octanol–water partition coefficient (Wildman–Crippen LogP) is 2.59. The molecule has 10 heteroatoms. The average Bonchev–Trinajstić information content (AvgIpc) is 3.15. The molecule has 5 N–H and O–H groups in total. The molecule has 0 fully saturated rings. The number of halogens is 1. The monoisotopic (exact) mass is 538 g/mol. The van der Waals surface area contributed by atoms with Crippen LogP contribution >= 0.6 is 11.6 Å². The molecular weight excluding hydrogens is 508 g/mol. The lowest BCUT2D eigenvalue weighted by atomic mass is 9.78. The molecule has 0 aliphatic heterocycles. The number of carbonyl (C=O) groups is 4. The Morgan fingerprint density at radius 2 is 1.79 bits per heavy atom. The van der Waals surface area contributed by atoms with Crippen LogP contribution in [-0.4, -0.2) is 44.9 Å². The number of amides is 3. The first kappa shape index (κ1) is 27.2. The first-order chi connectivity index (χ1) is 18.0. The molecule has 3 aromatic rings. The minimum atomic E-state index is -1.36. The van der Waals surface area contributed by atoms with Gasteiger partial charge in [0.2, 0.25) is 17.7 Å². The van der Waals surface area contributed by atoms with Gasteiger partial charge in [0.1, 0.15) is 18.1 Å². The van der Waals surface area contributed by atoms with E-state index in [0.717, 1.165) is 27.7 Å². The highest BCUT2D eigenvalue weighted by Gasteiger charge is 2.45. The number of nitrogens with one attached hydrogen (secondary N) is 2. The van der Waals surface area contributed by atoms with Crippen LogP contribution in [0.25, 0.3) is 10.9 Å². The van der Waals surface area contributed by atoms with Crippen molar-refractivity contribution in [2.75, 3.05) is 0 Å². The molecular formula is C28H31ClN4O5. The second-order valence-electron chi connectivity index (χ2n) is 10.1. The quantitative estimate of drug-likeness (QED) is 0.331. The molecule has 1 aromatic heterocycles. The lowest BCUT2D eigenvalue weighted by Gasteiger charge is -2.38. The number of hydrogen-bond donors (Lipinski definition) is 4. The van der Waals surface area contributed by atoms with Crippen molar-refractivity contribution in [1.29, 1.82) is 0 Å². The zero-order valence-corrected chi connectivity index (χ0v) is 22.0. The minimum Gasteiger partial charge on any atom is -0.480 e. The third-order valence-electron chi connectivity index (χ3n) is 7.11. The summed E-state index contributed by atoms with van der Waals surface area (Å²) in [5, 5.41) is 16.6. The maximum absolute atomic E-state index is 13.9. The number of aliphatic carboxylic acids is 1. The van der Waals surface area contributed by atoms with Crippen molar-refractivity contribution < 1.29 is 24.3 Å². The molecule has 0 spiro atoms. The third kappa shape index (κ3) is 5.52. The van der Waals surface area contributed by atoms with E-state index in [2.05, 4.69) is 10.6 Å². The van der Waals surface area contributed by atoms with Crippen molar-refractivity contribution in [3.8, 4) is 0 Å². The van der Waals surface area contributed by atoms with Gasteiger partial charge in [-0.25, -0.2) is 0 Å². The van der Waals surface area contributed by atoms with Crippen LogP contribution in [0.1, 0.15) is 37.1 Å². The maximum atomic E-state index is 13.9. The zero-order chi connectivity index (χ0) is 27.6.